The van der Waals surface area contributed by atoms with Crippen LogP contribution in [-0.4, -0.2) is 11.8 Å². The van der Waals surface area contributed by atoms with Gasteiger partial charge in [-0.3, -0.25) is 9.59 Å². The van der Waals surface area contributed by atoms with Gasteiger partial charge in [-0.1, -0.05) is 24.3 Å². The van der Waals surface area contributed by atoms with Gasteiger partial charge in [0.2, 0.25) is 5.91 Å². The van der Waals surface area contributed by atoms with E-state index in [9.17, 15) is 9.59 Å². The molecule has 0 aliphatic rings. The lowest BCUT2D eigenvalue weighted by Crippen LogP contribution is -2.21. The molecule has 0 aliphatic carbocycles. The number of anilines is 1. The molecule has 5 nitrogen and oxygen atoms in total. The summed E-state index contributed by atoms with van der Waals surface area (Å²) in [4.78, 5) is 24.0. The zero-order valence-electron chi connectivity index (χ0n) is 12.2. The van der Waals surface area contributed by atoms with Gasteiger partial charge in [-0.2, -0.15) is 5.26 Å². The first-order valence-corrected chi connectivity index (χ1v) is 7.37. The number of amides is 2. The number of hydrogen-bond donors (Lipinski definition) is 3. The highest BCUT2D eigenvalue weighted by molar-refractivity contribution is 7.80. The first-order chi connectivity index (χ1) is 11.1. The molecule has 0 aromatic heterocycles. The Bertz CT molecular complexity index is 751. The summed E-state index contributed by atoms with van der Waals surface area (Å²) in [7, 11) is 0. The van der Waals surface area contributed by atoms with E-state index in [1.807, 2.05) is 6.07 Å². The molecule has 0 atom stereocenters. The second kappa shape index (κ2) is 8.01. The summed E-state index contributed by atoms with van der Waals surface area (Å²) in [5, 5.41) is 13.8. The molecule has 6 heteroatoms. The average Bonchev–Trinajstić information content (AvgIpc) is 2.55. The van der Waals surface area contributed by atoms with E-state index in [0.717, 1.165) is 5.56 Å². The predicted molar refractivity (Wildman–Crippen MR) is 90.2 cm³/mol. The SMILES string of the molecule is N#CCC(=O)NCc1ccc(NC(=O)c2ccccc2S)cc1. The third-order valence-electron chi connectivity index (χ3n) is 3.09. The van der Waals surface area contributed by atoms with Gasteiger partial charge in [0.1, 0.15) is 6.42 Å². The van der Waals surface area contributed by atoms with E-state index in [0.29, 0.717) is 22.7 Å². The number of rotatable bonds is 5. The fraction of sp³-hybridized carbons (Fsp3) is 0.118. The molecular formula is C17H15N3O2S. The Morgan fingerprint density at radius 2 is 1.78 bits per heavy atom. The fourth-order valence-electron chi connectivity index (χ4n) is 1.90. The van der Waals surface area contributed by atoms with Crippen molar-refractivity contribution in [2.24, 2.45) is 0 Å². The summed E-state index contributed by atoms with van der Waals surface area (Å²) in [6.45, 7) is 0.341. The van der Waals surface area contributed by atoms with Gasteiger partial charge < -0.3 is 10.6 Å². The van der Waals surface area contributed by atoms with Crippen LogP contribution in [0.15, 0.2) is 53.4 Å². The molecule has 0 aliphatic heterocycles. The minimum absolute atomic E-state index is 0.155. The molecule has 0 spiro atoms. The smallest absolute Gasteiger partial charge is 0.256 e. The van der Waals surface area contributed by atoms with Crippen LogP contribution in [0.4, 0.5) is 5.69 Å². The first-order valence-electron chi connectivity index (χ1n) is 6.92. The summed E-state index contributed by atoms with van der Waals surface area (Å²) in [5.74, 6) is -0.541. The number of hydrogen-bond acceptors (Lipinski definition) is 4. The van der Waals surface area contributed by atoms with Gasteiger partial charge in [0.05, 0.1) is 11.6 Å². The molecule has 2 N–H and O–H groups in total. The minimum Gasteiger partial charge on any atom is -0.351 e. The van der Waals surface area contributed by atoms with Crippen molar-refractivity contribution in [1.82, 2.24) is 5.32 Å². The van der Waals surface area contributed by atoms with Crippen LogP contribution in [0.1, 0.15) is 22.3 Å². The van der Waals surface area contributed by atoms with Crippen molar-refractivity contribution in [3.05, 3.63) is 59.7 Å². The van der Waals surface area contributed by atoms with Crippen molar-refractivity contribution in [2.45, 2.75) is 17.9 Å². The maximum Gasteiger partial charge on any atom is 0.256 e. The Kier molecular flexibility index (Phi) is 5.78. The second-order valence-corrected chi connectivity index (χ2v) is 5.26. The molecule has 2 amide bonds. The number of benzene rings is 2. The largest absolute Gasteiger partial charge is 0.351 e. The Morgan fingerprint density at radius 3 is 2.43 bits per heavy atom. The first kappa shape index (κ1) is 16.6. The van der Waals surface area contributed by atoms with Crippen LogP contribution >= 0.6 is 12.6 Å². The number of carbonyl (C=O) groups excluding carboxylic acids is 2. The molecular weight excluding hydrogens is 310 g/mol. The molecule has 0 saturated carbocycles. The number of nitriles is 1. The molecule has 2 aromatic carbocycles. The molecule has 0 fully saturated rings. The lowest BCUT2D eigenvalue weighted by atomic mass is 10.1. The highest BCUT2D eigenvalue weighted by atomic mass is 32.1. The van der Waals surface area contributed by atoms with Crippen molar-refractivity contribution in [3.8, 4) is 6.07 Å². The molecule has 116 valence electrons. The highest BCUT2D eigenvalue weighted by Gasteiger charge is 2.09. The summed E-state index contributed by atoms with van der Waals surface area (Å²) in [6, 6.07) is 16.0. The van der Waals surface area contributed by atoms with E-state index in [2.05, 4.69) is 23.3 Å². The van der Waals surface area contributed by atoms with Crippen LogP contribution in [0, 0.1) is 11.3 Å². The molecule has 0 unspecified atom stereocenters. The molecule has 2 aromatic rings. The number of nitrogens with one attached hydrogen (secondary N) is 2. The van der Waals surface area contributed by atoms with Crippen LogP contribution in [0.25, 0.3) is 0 Å². The Balaban J connectivity index is 1.95. The van der Waals surface area contributed by atoms with Crippen LogP contribution < -0.4 is 10.6 Å². The third kappa shape index (κ3) is 4.87. The highest BCUT2D eigenvalue weighted by Crippen LogP contribution is 2.16. The number of carbonyl (C=O) groups is 2. The summed E-state index contributed by atoms with van der Waals surface area (Å²) in [5.41, 5.74) is 2.03. The van der Waals surface area contributed by atoms with E-state index in [-0.39, 0.29) is 18.2 Å². The average molecular weight is 325 g/mol. The van der Waals surface area contributed by atoms with Crippen molar-refractivity contribution < 1.29 is 9.59 Å². The minimum atomic E-state index is -0.310. The summed E-state index contributed by atoms with van der Waals surface area (Å²) >= 11 is 4.26. The fourth-order valence-corrected chi connectivity index (χ4v) is 2.17. The number of thiol groups is 1. The molecule has 0 radical (unpaired) electrons. The van der Waals surface area contributed by atoms with Gasteiger partial charge in [-0.05, 0) is 29.8 Å². The Hall–Kier alpha value is -2.78. The molecule has 0 heterocycles. The Morgan fingerprint density at radius 1 is 1.09 bits per heavy atom. The van der Waals surface area contributed by atoms with Gasteiger partial charge in [0.15, 0.2) is 0 Å². The van der Waals surface area contributed by atoms with Crippen LogP contribution in [0.5, 0.6) is 0 Å². The molecule has 0 saturated heterocycles. The lowest BCUT2D eigenvalue weighted by Gasteiger charge is -2.08. The van der Waals surface area contributed by atoms with E-state index in [4.69, 9.17) is 5.26 Å². The van der Waals surface area contributed by atoms with Crippen LogP contribution in [-0.2, 0) is 11.3 Å². The lowest BCUT2D eigenvalue weighted by molar-refractivity contribution is -0.120. The summed E-state index contributed by atoms with van der Waals surface area (Å²) < 4.78 is 0. The van der Waals surface area contributed by atoms with Gasteiger partial charge in [0, 0.05) is 17.1 Å². The summed E-state index contributed by atoms with van der Waals surface area (Å²) in [6.07, 6.45) is -0.155. The van der Waals surface area contributed by atoms with E-state index < -0.39 is 0 Å². The van der Waals surface area contributed by atoms with Crippen molar-refractivity contribution in [1.29, 1.82) is 5.26 Å². The maximum absolute atomic E-state index is 12.2. The van der Waals surface area contributed by atoms with Crippen molar-refractivity contribution in [2.75, 3.05) is 5.32 Å². The zero-order chi connectivity index (χ0) is 16.7. The van der Waals surface area contributed by atoms with E-state index in [1.54, 1.807) is 48.5 Å². The number of nitrogens with zero attached hydrogens (tertiary/aromatic N) is 1. The Labute approximate surface area is 139 Å². The van der Waals surface area contributed by atoms with Gasteiger partial charge >= 0.3 is 0 Å². The van der Waals surface area contributed by atoms with E-state index in [1.165, 1.54) is 0 Å². The second-order valence-electron chi connectivity index (χ2n) is 4.78. The molecule has 23 heavy (non-hydrogen) atoms. The quantitative estimate of drug-likeness (QED) is 0.739. The molecule has 2 rings (SSSR count). The van der Waals surface area contributed by atoms with Gasteiger partial charge in [-0.15, -0.1) is 12.6 Å². The van der Waals surface area contributed by atoms with Gasteiger partial charge in [0.25, 0.3) is 5.91 Å². The zero-order valence-corrected chi connectivity index (χ0v) is 13.1. The normalized spacial score (nSPS) is 9.74. The van der Waals surface area contributed by atoms with Crippen molar-refractivity contribution in [3.63, 3.8) is 0 Å². The predicted octanol–water partition coefficient (Wildman–Crippen LogP) is 2.76. The maximum atomic E-state index is 12.2. The van der Waals surface area contributed by atoms with Crippen LogP contribution in [0.3, 0.4) is 0 Å². The van der Waals surface area contributed by atoms with Crippen LogP contribution in [0.2, 0.25) is 0 Å². The molecule has 0 bridgehead atoms. The topological polar surface area (TPSA) is 82.0 Å². The van der Waals surface area contributed by atoms with Crippen molar-refractivity contribution >= 4 is 30.1 Å². The standard InChI is InChI=1S/C17H15N3O2S/c18-10-9-16(21)19-11-12-5-7-13(8-6-12)20-17(22)14-3-1-2-4-15(14)23/h1-8,23H,9,11H2,(H,19,21)(H,20,22). The third-order valence-corrected chi connectivity index (χ3v) is 3.48. The van der Waals surface area contributed by atoms with E-state index >= 15 is 0 Å². The monoisotopic (exact) mass is 325 g/mol. The van der Waals surface area contributed by atoms with Gasteiger partial charge in [-0.25, -0.2) is 0 Å².